The second kappa shape index (κ2) is 4.14. The first-order valence-electron chi connectivity index (χ1n) is 5.52. The zero-order valence-corrected chi connectivity index (χ0v) is 8.74. The average Bonchev–Trinajstić information content (AvgIpc) is 2.99. The molecule has 0 heterocycles. The van der Waals surface area contributed by atoms with E-state index in [4.69, 9.17) is 5.11 Å². The zero-order chi connectivity index (χ0) is 9.97. The standard InChI is InChI=1S/C13H18O/c1-10(14)2-3-11-4-6-12(7-5-11)13-8-9-13/h4-7,10,13-14H,2-3,8-9H2,1H3/t10-/m1/s1. The largest absolute Gasteiger partial charge is 0.393 e. The molecule has 1 N–H and O–H groups in total. The molecule has 2 rings (SSSR count). The summed E-state index contributed by atoms with van der Waals surface area (Å²) in [6.45, 7) is 1.85. The van der Waals surface area contributed by atoms with Crippen molar-refractivity contribution >= 4 is 0 Å². The number of hydrogen-bond donors (Lipinski definition) is 1. The van der Waals surface area contributed by atoms with E-state index >= 15 is 0 Å². The molecule has 0 aliphatic heterocycles. The zero-order valence-electron chi connectivity index (χ0n) is 8.74. The van der Waals surface area contributed by atoms with E-state index in [0.717, 1.165) is 18.8 Å². The maximum absolute atomic E-state index is 9.17. The van der Waals surface area contributed by atoms with Crippen LogP contribution in [0.3, 0.4) is 0 Å². The van der Waals surface area contributed by atoms with Crippen LogP contribution in [0.5, 0.6) is 0 Å². The van der Waals surface area contributed by atoms with Crippen molar-refractivity contribution in [2.24, 2.45) is 0 Å². The molecule has 0 aromatic heterocycles. The summed E-state index contributed by atoms with van der Waals surface area (Å²) in [7, 11) is 0. The summed E-state index contributed by atoms with van der Waals surface area (Å²) in [6.07, 6.45) is 4.41. The monoisotopic (exact) mass is 190 g/mol. The van der Waals surface area contributed by atoms with Gasteiger partial charge in [-0.05, 0) is 49.7 Å². The summed E-state index contributed by atoms with van der Waals surface area (Å²) in [5.74, 6) is 0.848. The highest BCUT2D eigenvalue weighted by Crippen LogP contribution is 2.39. The van der Waals surface area contributed by atoms with Gasteiger partial charge < -0.3 is 5.11 Å². The summed E-state index contributed by atoms with van der Waals surface area (Å²) in [5.41, 5.74) is 2.83. The third kappa shape index (κ3) is 2.58. The Balaban J connectivity index is 1.92. The molecular weight excluding hydrogens is 172 g/mol. The highest BCUT2D eigenvalue weighted by atomic mass is 16.3. The molecule has 0 bridgehead atoms. The molecule has 1 aromatic rings. The predicted octanol–water partition coefficient (Wildman–Crippen LogP) is 2.88. The average molecular weight is 190 g/mol. The van der Waals surface area contributed by atoms with Crippen molar-refractivity contribution in [1.82, 2.24) is 0 Å². The van der Waals surface area contributed by atoms with Crippen molar-refractivity contribution in [3.8, 4) is 0 Å². The minimum atomic E-state index is -0.182. The molecule has 0 spiro atoms. The molecule has 1 aliphatic rings. The smallest absolute Gasteiger partial charge is 0.0515 e. The molecule has 1 saturated carbocycles. The molecule has 1 fully saturated rings. The van der Waals surface area contributed by atoms with Gasteiger partial charge in [-0.1, -0.05) is 24.3 Å². The van der Waals surface area contributed by atoms with E-state index in [1.54, 1.807) is 0 Å². The van der Waals surface area contributed by atoms with Crippen LogP contribution in [0.2, 0.25) is 0 Å². The van der Waals surface area contributed by atoms with Crippen LogP contribution in [0.1, 0.15) is 43.2 Å². The molecular formula is C13H18O. The van der Waals surface area contributed by atoms with Crippen LogP contribution in [0.25, 0.3) is 0 Å². The maximum Gasteiger partial charge on any atom is 0.0515 e. The Bertz CT molecular complexity index is 283. The summed E-state index contributed by atoms with van der Waals surface area (Å²) in [5, 5.41) is 9.17. The Hall–Kier alpha value is -0.820. The van der Waals surface area contributed by atoms with Crippen LogP contribution in [0.4, 0.5) is 0 Å². The first-order chi connectivity index (χ1) is 6.75. The lowest BCUT2D eigenvalue weighted by Crippen LogP contribution is -2.01. The van der Waals surface area contributed by atoms with Gasteiger partial charge in [0.25, 0.3) is 0 Å². The van der Waals surface area contributed by atoms with Crippen LogP contribution < -0.4 is 0 Å². The fourth-order valence-electron chi connectivity index (χ4n) is 1.75. The van der Waals surface area contributed by atoms with E-state index in [2.05, 4.69) is 24.3 Å². The van der Waals surface area contributed by atoms with E-state index in [-0.39, 0.29) is 6.10 Å². The molecule has 1 nitrogen and oxygen atoms in total. The molecule has 0 saturated heterocycles. The van der Waals surface area contributed by atoms with Crippen molar-refractivity contribution in [3.05, 3.63) is 35.4 Å². The van der Waals surface area contributed by atoms with Crippen molar-refractivity contribution in [2.45, 2.75) is 44.6 Å². The third-order valence-electron chi connectivity index (χ3n) is 2.88. The first kappa shape index (κ1) is 9.72. The summed E-state index contributed by atoms with van der Waals surface area (Å²) in [4.78, 5) is 0. The normalized spacial score (nSPS) is 18.1. The Morgan fingerprint density at radius 2 is 1.93 bits per heavy atom. The van der Waals surface area contributed by atoms with Gasteiger partial charge in [0.15, 0.2) is 0 Å². The van der Waals surface area contributed by atoms with Gasteiger partial charge in [-0.3, -0.25) is 0 Å². The second-order valence-electron chi connectivity index (χ2n) is 4.40. The van der Waals surface area contributed by atoms with Crippen molar-refractivity contribution < 1.29 is 5.11 Å². The molecule has 14 heavy (non-hydrogen) atoms. The Morgan fingerprint density at radius 1 is 1.29 bits per heavy atom. The van der Waals surface area contributed by atoms with Crippen molar-refractivity contribution in [2.75, 3.05) is 0 Å². The molecule has 1 aliphatic carbocycles. The van der Waals surface area contributed by atoms with Gasteiger partial charge in [0.05, 0.1) is 6.10 Å². The van der Waals surface area contributed by atoms with E-state index in [1.807, 2.05) is 6.92 Å². The fraction of sp³-hybridized carbons (Fsp3) is 0.538. The van der Waals surface area contributed by atoms with Gasteiger partial charge in [0.2, 0.25) is 0 Å². The highest BCUT2D eigenvalue weighted by molar-refractivity contribution is 5.28. The van der Waals surface area contributed by atoms with Gasteiger partial charge in [-0.15, -0.1) is 0 Å². The predicted molar refractivity (Wildman–Crippen MR) is 58.4 cm³/mol. The Morgan fingerprint density at radius 3 is 2.43 bits per heavy atom. The van der Waals surface area contributed by atoms with Crippen LogP contribution in [0.15, 0.2) is 24.3 Å². The summed E-state index contributed by atoms with van der Waals surface area (Å²) < 4.78 is 0. The Kier molecular flexibility index (Phi) is 2.87. The maximum atomic E-state index is 9.17. The number of hydrogen-bond acceptors (Lipinski definition) is 1. The Labute approximate surface area is 85.8 Å². The highest BCUT2D eigenvalue weighted by Gasteiger charge is 2.22. The van der Waals surface area contributed by atoms with E-state index < -0.39 is 0 Å². The number of aliphatic hydroxyl groups excluding tert-OH is 1. The third-order valence-corrected chi connectivity index (χ3v) is 2.88. The molecule has 0 amide bonds. The van der Waals surface area contributed by atoms with Crippen LogP contribution >= 0.6 is 0 Å². The van der Waals surface area contributed by atoms with Gasteiger partial charge in [0.1, 0.15) is 0 Å². The van der Waals surface area contributed by atoms with Crippen LogP contribution in [-0.4, -0.2) is 11.2 Å². The number of benzene rings is 1. The molecule has 0 unspecified atom stereocenters. The molecule has 1 heteroatoms. The molecule has 1 atom stereocenters. The SMILES string of the molecule is C[C@@H](O)CCc1ccc(C2CC2)cc1. The lowest BCUT2D eigenvalue weighted by atomic mass is 10.0. The van der Waals surface area contributed by atoms with Gasteiger partial charge in [0, 0.05) is 0 Å². The molecule has 0 radical (unpaired) electrons. The minimum Gasteiger partial charge on any atom is -0.393 e. The topological polar surface area (TPSA) is 20.2 Å². The minimum absolute atomic E-state index is 0.182. The van der Waals surface area contributed by atoms with E-state index in [9.17, 15) is 0 Å². The van der Waals surface area contributed by atoms with E-state index in [1.165, 1.54) is 24.0 Å². The second-order valence-corrected chi connectivity index (χ2v) is 4.40. The number of aliphatic hydroxyl groups is 1. The van der Waals surface area contributed by atoms with Crippen molar-refractivity contribution in [1.29, 1.82) is 0 Å². The van der Waals surface area contributed by atoms with Gasteiger partial charge in [-0.25, -0.2) is 0 Å². The fourth-order valence-corrected chi connectivity index (χ4v) is 1.75. The summed E-state index contributed by atoms with van der Waals surface area (Å²) in [6, 6.07) is 8.90. The number of rotatable bonds is 4. The van der Waals surface area contributed by atoms with Crippen LogP contribution in [0, 0.1) is 0 Å². The lowest BCUT2D eigenvalue weighted by molar-refractivity contribution is 0.185. The van der Waals surface area contributed by atoms with E-state index in [0.29, 0.717) is 0 Å². The lowest BCUT2D eigenvalue weighted by Gasteiger charge is -2.05. The summed E-state index contributed by atoms with van der Waals surface area (Å²) >= 11 is 0. The molecule has 76 valence electrons. The first-order valence-corrected chi connectivity index (χ1v) is 5.52. The van der Waals surface area contributed by atoms with Gasteiger partial charge in [-0.2, -0.15) is 0 Å². The van der Waals surface area contributed by atoms with Crippen molar-refractivity contribution in [3.63, 3.8) is 0 Å². The van der Waals surface area contributed by atoms with Crippen LogP contribution in [-0.2, 0) is 6.42 Å². The quantitative estimate of drug-likeness (QED) is 0.774. The number of aryl methyl sites for hydroxylation is 1. The molecule has 1 aromatic carbocycles. The van der Waals surface area contributed by atoms with Gasteiger partial charge >= 0.3 is 0 Å².